The normalized spacial score (nSPS) is 11.2. The van der Waals surface area contributed by atoms with Crippen molar-refractivity contribution in [2.45, 2.75) is 25.7 Å². The highest BCUT2D eigenvalue weighted by Crippen LogP contribution is 2.17. The number of nitrogens with zero attached hydrogens (tertiary/aromatic N) is 4. The number of carbonyl (C=O) groups excluding carboxylic acids is 1. The Balaban J connectivity index is 1.52. The lowest BCUT2D eigenvalue weighted by Crippen LogP contribution is -2.25. The minimum atomic E-state index is -3.94. The van der Waals surface area contributed by atoms with Crippen molar-refractivity contribution in [2.75, 3.05) is 10.0 Å². The van der Waals surface area contributed by atoms with Gasteiger partial charge in [-0.05, 0) is 68.8 Å². The molecule has 0 bridgehead atoms. The molecule has 1 amide bonds. The van der Waals surface area contributed by atoms with Crippen molar-refractivity contribution in [2.24, 2.45) is 0 Å². The van der Waals surface area contributed by atoms with Gasteiger partial charge in [0.05, 0.1) is 10.6 Å². The van der Waals surface area contributed by atoms with Crippen LogP contribution < -0.4 is 15.5 Å². The Morgan fingerprint density at radius 3 is 2.26 bits per heavy atom. The molecule has 0 aliphatic heterocycles. The number of carbonyl (C=O) groups is 1. The van der Waals surface area contributed by atoms with Gasteiger partial charge in [0, 0.05) is 29.3 Å². The summed E-state index contributed by atoms with van der Waals surface area (Å²) in [6.45, 7) is 5.40. The largest absolute Gasteiger partial charge is 0.320 e. The van der Waals surface area contributed by atoms with Crippen LogP contribution in [0.2, 0.25) is 0 Å². The smallest absolute Gasteiger partial charge is 0.280 e. The standard InChI is InChI=1S/C24H22N6O4S/c1-15-5-4-6-19(13-15)30-12-11-21(31)22(28-30)23(32)27-18-7-9-20(10-8-18)35(33,34)29-24-25-16(2)14-17(3)26-24/h4-14H,1-3H3,(H,27,32)(H,25,26,29). The molecule has 2 aromatic carbocycles. The fourth-order valence-electron chi connectivity index (χ4n) is 3.34. The van der Waals surface area contributed by atoms with Gasteiger partial charge in [0.25, 0.3) is 15.9 Å². The van der Waals surface area contributed by atoms with Crippen molar-refractivity contribution >= 4 is 27.6 Å². The molecule has 2 aromatic heterocycles. The van der Waals surface area contributed by atoms with Crippen LogP contribution >= 0.6 is 0 Å². The third-order valence-corrected chi connectivity index (χ3v) is 6.26. The minimum absolute atomic E-state index is 0.0279. The number of benzene rings is 2. The first kappa shape index (κ1) is 23.8. The van der Waals surface area contributed by atoms with Crippen molar-refractivity contribution < 1.29 is 13.2 Å². The number of sulfonamides is 1. The van der Waals surface area contributed by atoms with Crippen LogP contribution in [-0.4, -0.2) is 34.1 Å². The fraction of sp³-hybridized carbons (Fsp3) is 0.125. The highest BCUT2D eigenvalue weighted by molar-refractivity contribution is 7.92. The summed E-state index contributed by atoms with van der Waals surface area (Å²) in [6.07, 6.45) is 1.49. The van der Waals surface area contributed by atoms with Gasteiger partial charge in [0.1, 0.15) is 0 Å². The first-order valence-corrected chi connectivity index (χ1v) is 12.0. The second kappa shape index (κ2) is 9.47. The summed E-state index contributed by atoms with van der Waals surface area (Å²) in [4.78, 5) is 33.1. The van der Waals surface area contributed by atoms with Gasteiger partial charge in [0.2, 0.25) is 11.4 Å². The Morgan fingerprint density at radius 1 is 0.914 bits per heavy atom. The van der Waals surface area contributed by atoms with Crippen LogP contribution in [0.25, 0.3) is 5.69 Å². The predicted molar refractivity (Wildman–Crippen MR) is 131 cm³/mol. The molecule has 0 saturated heterocycles. The number of aryl methyl sites for hydroxylation is 3. The quantitative estimate of drug-likeness (QED) is 0.424. The van der Waals surface area contributed by atoms with Crippen LogP contribution in [0.3, 0.4) is 0 Å². The van der Waals surface area contributed by atoms with Crippen molar-refractivity contribution in [1.29, 1.82) is 0 Å². The summed E-state index contributed by atoms with van der Waals surface area (Å²) in [5.74, 6) is -0.741. The van der Waals surface area contributed by atoms with Crippen molar-refractivity contribution in [3.63, 3.8) is 0 Å². The van der Waals surface area contributed by atoms with E-state index in [0.29, 0.717) is 22.8 Å². The number of aromatic nitrogens is 4. The molecule has 0 unspecified atom stereocenters. The second-order valence-corrected chi connectivity index (χ2v) is 9.55. The monoisotopic (exact) mass is 490 g/mol. The van der Waals surface area contributed by atoms with Crippen molar-refractivity contribution in [1.82, 2.24) is 19.7 Å². The number of amides is 1. The highest BCUT2D eigenvalue weighted by Gasteiger charge is 2.18. The molecule has 0 spiro atoms. The molecule has 11 heteroatoms. The number of hydrogen-bond donors (Lipinski definition) is 2. The van der Waals surface area contributed by atoms with Crippen LogP contribution in [0.4, 0.5) is 11.6 Å². The maximum Gasteiger partial charge on any atom is 0.280 e. The van der Waals surface area contributed by atoms with Gasteiger partial charge in [-0.15, -0.1) is 0 Å². The van der Waals surface area contributed by atoms with E-state index < -0.39 is 21.4 Å². The first-order valence-electron chi connectivity index (χ1n) is 10.5. The Bertz CT molecular complexity index is 1560. The van der Waals surface area contributed by atoms with Crippen LogP contribution in [0.1, 0.15) is 27.4 Å². The van der Waals surface area contributed by atoms with Gasteiger partial charge < -0.3 is 5.32 Å². The number of nitrogens with one attached hydrogen (secondary N) is 2. The van der Waals surface area contributed by atoms with E-state index in [1.807, 2.05) is 31.2 Å². The molecule has 0 aliphatic rings. The van der Waals surface area contributed by atoms with Crippen LogP contribution in [0.15, 0.2) is 76.6 Å². The SMILES string of the molecule is Cc1cccc(-n2ccc(=O)c(C(=O)Nc3ccc(S(=O)(=O)Nc4nc(C)cc(C)n4)cc3)n2)c1. The fourth-order valence-corrected chi connectivity index (χ4v) is 4.28. The zero-order valence-electron chi connectivity index (χ0n) is 19.2. The van der Waals surface area contributed by atoms with Gasteiger partial charge >= 0.3 is 0 Å². The minimum Gasteiger partial charge on any atom is -0.320 e. The Labute approximate surface area is 201 Å². The maximum absolute atomic E-state index is 12.7. The number of hydrogen-bond acceptors (Lipinski definition) is 7. The van der Waals surface area contributed by atoms with E-state index in [-0.39, 0.29) is 16.5 Å². The van der Waals surface area contributed by atoms with Crippen molar-refractivity contribution in [3.05, 3.63) is 99.7 Å². The molecule has 178 valence electrons. The van der Waals surface area contributed by atoms with E-state index in [2.05, 4.69) is 25.1 Å². The van der Waals surface area contributed by atoms with E-state index >= 15 is 0 Å². The maximum atomic E-state index is 12.7. The Morgan fingerprint density at radius 2 is 1.60 bits per heavy atom. The predicted octanol–water partition coefficient (Wildman–Crippen LogP) is 3.00. The van der Waals surface area contributed by atoms with Gasteiger partial charge in [0.15, 0.2) is 5.69 Å². The summed E-state index contributed by atoms with van der Waals surface area (Å²) in [6, 6.07) is 15.9. The molecule has 35 heavy (non-hydrogen) atoms. The average Bonchev–Trinajstić information content (AvgIpc) is 2.78. The summed E-state index contributed by atoms with van der Waals surface area (Å²) >= 11 is 0. The average molecular weight is 491 g/mol. The third-order valence-electron chi connectivity index (χ3n) is 4.92. The van der Waals surface area contributed by atoms with Gasteiger partial charge in [-0.3, -0.25) is 9.59 Å². The summed E-state index contributed by atoms with van der Waals surface area (Å²) in [7, 11) is -3.94. The molecule has 0 radical (unpaired) electrons. The first-order chi connectivity index (χ1) is 16.6. The molecule has 2 N–H and O–H groups in total. The van der Waals surface area contributed by atoms with Crippen LogP contribution in [0, 0.1) is 20.8 Å². The molecule has 10 nitrogen and oxygen atoms in total. The molecule has 2 heterocycles. The molecule has 0 saturated carbocycles. The van der Waals surface area contributed by atoms with Gasteiger partial charge in [-0.1, -0.05) is 12.1 Å². The molecule has 4 aromatic rings. The highest BCUT2D eigenvalue weighted by atomic mass is 32.2. The number of rotatable bonds is 6. The second-order valence-electron chi connectivity index (χ2n) is 7.87. The van der Waals surface area contributed by atoms with E-state index in [4.69, 9.17) is 0 Å². The molecular formula is C24H22N6O4S. The molecule has 0 aliphatic carbocycles. The lowest BCUT2D eigenvalue weighted by Gasteiger charge is -2.10. The third kappa shape index (κ3) is 5.58. The van der Waals surface area contributed by atoms with Gasteiger partial charge in [-0.2, -0.15) is 5.10 Å². The molecule has 0 fully saturated rings. The van der Waals surface area contributed by atoms with Gasteiger partial charge in [-0.25, -0.2) is 27.8 Å². The van der Waals surface area contributed by atoms with E-state index in [1.165, 1.54) is 41.2 Å². The van der Waals surface area contributed by atoms with E-state index in [1.54, 1.807) is 19.9 Å². The zero-order chi connectivity index (χ0) is 25.2. The molecular weight excluding hydrogens is 468 g/mol. The van der Waals surface area contributed by atoms with E-state index in [9.17, 15) is 18.0 Å². The van der Waals surface area contributed by atoms with Crippen LogP contribution in [-0.2, 0) is 10.0 Å². The lowest BCUT2D eigenvalue weighted by molar-refractivity contribution is 0.101. The van der Waals surface area contributed by atoms with Crippen LogP contribution in [0.5, 0.6) is 0 Å². The molecule has 0 atom stereocenters. The topological polar surface area (TPSA) is 136 Å². The summed E-state index contributed by atoms with van der Waals surface area (Å²) in [5.41, 5.74) is 2.43. The Hall–Kier alpha value is -4.38. The summed E-state index contributed by atoms with van der Waals surface area (Å²) in [5, 5.41) is 6.75. The molecule has 4 rings (SSSR count). The van der Waals surface area contributed by atoms with E-state index in [0.717, 1.165) is 5.56 Å². The van der Waals surface area contributed by atoms with Crippen molar-refractivity contribution in [3.8, 4) is 5.69 Å². The number of anilines is 2. The Kier molecular flexibility index (Phi) is 6.43. The lowest BCUT2D eigenvalue weighted by atomic mass is 10.2. The summed E-state index contributed by atoms with van der Waals surface area (Å²) < 4.78 is 29.2. The zero-order valence-corrected chi connectivity index (χ0v) is 20.0.